The largest absolute Gasteiger partial charge is 0.382 e. The zero-order valence-corrected chi connectivity index (χ0v) is 16.7. The number of hydrogen-bond donors (Lipinski definition) is 2. The fourth-order valence-corrected chi connectivity index (χ4v) is 3.30. The minimum atomic E-state index is -0.173. The molecule has 0 atom stereocenters. The summed E-state index contributed by atoms with van der Waals surface area (Å²) in [5, 5.41) is 6.27. The first kappa shape index (κ1) is 21.3. The molecule has 144 valence electrons. The number of hydrogen-bond acceptors (Lipinski definition) is 4. The maximum Gasteiger partial charge on any atom is 0.251 e. The normalized spacial score (nSPS) is 10.4. The van der Waals surface area contributed by atoms with Crippen LogP contribution in [0.1, 0.15) is 23.7 Å². The maximum absolute atomic E-state index is 12.2. The van der Waals surface area contributed by atoms with Crippen molar-refractivity contribution >= 4 is 40.9 Å². The molecule has 2 aromatic carbocycles. The van der Waals surface area contributed by atoms with Crippen molar-refractivity contribution in [1.82, 2.24) is 5.32 Å². The van der Waals surface area contributed by atoms with Gasteiger partial charge in [0.25, 0.3) is 5.91 Å². The van der Waals surface area contributed by atoms with Gasteiger partial charge in [-0.25, -0.2) is 0 Å². The summed E-state index contributed by atoms with van der Waals surface area (Å²) < 4.78 is 5.24. The van der Waals surface area contributed by atoms with E-state index < -0.39 is 0 Å². The molecule has 0 radical (unpaired) electrons. The first-order valence-corrected chi connectivity index (χ1v) is 10.1. The molecule has 2 N–H and O–H groups in total. The zero-order valence-electron chi connectivity index (χ0n) is 15.2. The molecule has 0 spiro atoms. The number of anilines is 1. The Bertz CT molecular complexity index is 770. The van der Waals surface area contributed by atoms with Gasteiger partial charge >= 0.3 is 0 Å². The predicted molar refractivity (Wildman–Crippen MR) is 111 cm³/mol. The van der Waals surface area contributed by atoms with E-state index in [0.29, 0.717) is 36.0 Å². The molecule has 2 rings (SSSR count). The molecule has 0 aliphatic carbocycles. The Morgan fingerprint density at radius 2 is 1.96 bits per heavy atom. The summed E-state index contributed by atoms with van der Waals surface area (Å²) in [6.45, 7) is 3.77. The van der Waals surface area contributed by atoms with Crippen LogP contribution in [0, 0.1) is 0 Å². The summed E-state index contributed by atoms with van der Waals surface area (Å²) in [7, 11) is 0. The highest BCUT2D eigenvalue weighted by molar-refractivity contribution is 8.00. The lowest BCUT2D eigenvalue weighted by molar-refractivity contribution is -0.113. The fourth-order valence-electron chi connectivity index (χ4n) is 2.26. The highest BCUT2D eigenvalue weighted by Gasteiger charge is 2.09. The second kappa shape index (κ2) is 11.6. The van der Waals surface area contributed by atoms with Gasteiger partial charge in [-0.15, -0.1) is 11.8 Å². The van der Waals surface area contributed by atoms with E-state index in [1.807, 2.05) is 25.1 Å². The average Bonchev–Trinajstić information content (AvgIpc) is 2.67. The molecule has 7 heteroatoms. The van der Waals surface area contributed by atoms with Crippen molar-refractivity contribution in [3.8, 4) is 0 Å². The number of halogens is 1. The van der Waals surface area contributed by atoms with Crippen LogP contribution >= 0.6 is 23.4 Å². The van der Waals surface area contributed by atoms with E-state index in [-0.39, 0.29) is 17.6 Å². The van der Waals surface area contributed by atoms with Gasteiger partial charge in [0.1, 0.15) is 0 Å². The van der Waals surface area contributed by atoms with Gasteiger partial charge in [0, 0.05) is 35.9 Å². The number of benzene rings is 2. The Morgan fingerprint density at radius 1 is 1.15 bits per heavy atom. The number of rotatable bonds is 10. The highest BCUT2D eigenvalue weighted by Crippen LogP contribution is 2.26. The molecule has 0 unspecified atom stereocenters. The molecule has 0 saturated carbocycles. The van der Waals surface area contributed by atoms with Crippen molar-refractivity contribution < 1.29 is 14.3 Å². The molecule has 0 bridgehead atoms. The monoisotopic (exact) mass is 406 g/mol. The fraction of sp³-hybridized carbons (Fsp3) is 0.300. The lowest BCUT2D eigenvalue weighted by atomic mass is 10.2. The number of nitrogens with one attached hydrogen (secondary N) is 2. The van der Waals surface area contributed by atoms with E-state index in [2.05, 4.69) is 10.6 Å². The third kappa shape index (κ3) is 7.62. The third-order valence-electron chi connectivity index (χ3n) is 3.56. The van der Waals surface area contributed by atoms with Crippen molar-refractivity contribution in [3.63, 3.8) is 0 Å². The van der Waals surface area contributed by atoms with Crippen LogP contribution in [-0.2, 0) is 9.53 Å². The molecule has 0 aliphatic rings. The molecule has 2 aromatic rings. The Balaban J connectivity index is 1.82. The van der Waals surface area contributed by atoms with Crippen molar-refractivity contribution in [2.24, 2.45) is 0 Å². The first-order valence-electron chi connectivity index (χ1n) is 8.73. The lowest BCUT2D eigenvalue weighted by Crippen LogP contribution is -2.25. The van der Waals surface area contributed by atoms with Gasteiger partial charge in [-0.05, 0) is 43.7 Å². The van der Waals surface area contributed by atoms with Crippen LogP contribution in [0.25, 0.3) is 0 Å². The van der Waals surface area contributed by atoms with Crippen molar-refractivity contribution in [3.05, 3.63) is 59.1 Å². The average molecular weight is 407 g/mol. The lowest BCUT2D eigenvalue weighted by Gasteiger charge is -2.09. The van der Waals surface area contributed by atoms with Gasteiger partial charge in [0.05, 0.1) is 10.8 Å². The minimum Gasteiger partial charge on any atom is -0.382 e. The molecule has 27 heavy (non-hydrogen) atoms. The summed E-state index contributed by atoms with van der Waals surface area (Å²) in [5.74, 6) is -0.0976. The van der Waals surface area contributed by atoms with Crippen LogP contribution in [0.15, 0.2) is 53.4 Å². The van der Waals surface area contributed by atoms with Gasteiger partial charge in [-0.1, -0.05) is 29.8 Å². The van der Waals surface area contributed by atoms with E-state index in [1.165, 1.54) is 11.8 Å². The van der Waals surface area contributed by atoms with E-state index in [9.17, 15) is 9.59 Å². The molecule has 2 amide bonds. The van der Waals surface area contributed by atoms with Gasteiger partial charge in [-0.2, -0.15) is 0 Å². The quantitative estimate of drug-likeness (QED) is 0.457. The Labute approximate surface area is 168 Å². The number of carbonyl (C=O) groups is 2. The van der Waals surface area contributed by atoms with Gasteiger partial charge in [0.2, 0.25) is 5.91 Å². The number of ether oxygens (including phenoxy) is 1. The second-order valence-corrected chi connectivity index (χ2v) is 7.08. The molecule has 0 aliphatic heterocycles. The van der Waals surface area contributed by atoms with Gasteiger partial charge in [-0.3, -0.25) is 9.59 Å². The van der Waals surface area contributed by atoms with Crippen LogP contribution in [0.3, 0.4) is 0 Å². The van der Waals surface area contributed by atoms with Crippen LogP contribution < -0.4 is 10.6 Å². The summed E-state index contributed by atoms with van der Waals surface area (Å²) in [6, 6.07) is 14.3. The summed E-state index contributed by atoms with van der Waals surface area (Å²) in [5.41, 5.74) is 1.09. The maximum atomic E-state index is 12.2. The van der Waals surface area contributed by atoms with Crippen LogP contribution in [0.4, 0.5) is 5.69 Å². The predicted octanol–water partition coefficient (Wildman–Crippen LogP) is 4.23. The Morgan fingerprint density at radius 3 is 2.74 bits per heavy atom. The highest BCUT2D eigenvalue weighted by atomic mass is 35.5. The second-order valence-electron chi connectivity index (χ2n) is 5.65. The van der Waals surface area contributed by atoms with E-state index in [0.717, 1.165) is 11.3 Å². The molecule has 0 aromatic heterocycles. The Kier molecular flexibility index (Phi) is 9.18. The van der Waals surface area contributed by atoms with Crippen molar-refractivity contribution in [1.29, 1.82) is 0 Å². The van der Waals surface area contributed by atoms with Crippen molar-refractivity contribution in [2.75, 3.05) is 30.8 Å². The molecule has 0 heterocycles. The number of thioether (sulfide) groups is 1. The third-order valence-corrected chi connectivity index (χ3v) is 5.07. The topological polar surface area (TPSA) is 67.4 Å². The minimum absolute atomic E-state index is 0.158. The molecular weight excluding hydrogens is 384 g/mol. The number of carbonyl (C=O) groups excluding carboxylic acids is 2. The van der Waals surface area contributed by atoms with Crippen molar-refractivity contribution in [2.45, 2.75) is 18.2 Å². The Hall–Kier alpha value is -2.02. The standard InChI is InChI=1S/C20H23ClN2O3S/c1-2-26-12-6-11-22-20(25)15-7-5-8-16(13-15)23-19(24)14-27-18-10-4-3-9-17(18)21/h3-5,7-10,13H,2,6,11-12,14H2,1H3,(H,22,25)(H,23,24). The van der Waals surface area contributed by atoms with E-state index in [4.69, 9.17) is 16.3 Å². The molecule has 0 saturated heterocycles. The summed E-state index contributed by atoms with van der Waals surface area (Å²) in [6.07, 6.45) is 0.759. The van der Waals surface area contributed by atoms with E-state index in [1.54, 1.807) is 30.3 Å². The SMILES string of the molecule is CCOCCCNC(=O)c1cccc(NC(=O)CSc2ccccc2Cl)c1. The first-order chi connectivity index (χ1) is 13.1. The van der Waals surface area contributed by atoms with Crippen LogP contribution in [-0.4, -0.2) is 37.3 Å². The molecular formula is C20H23ClN2O3S. The summed E-state index contributed by atoms with van der Waals surface area (Å²) in [4.78, 5) is 25.2. The van der Waals surface area contributed by atoms with Gasteiger partial charge in [0.15, 0.2) is 0 Å². The molecule has 0 fully saturated rings. The smallest absolute Gasteiger partial charge is 0.251 e. The summed E-state index contributed by atoms with van der Waals surface area (Å²) >= 11 is 7.46. The van der Waals surface area contributed by atoms with Gasteiger partial charge < -0.3 is 15.4 Å². The zero-order chi connectivity index (χ0) is 19.5. The van der Waals surface area contributed by atoms with E-state index >= 15 is 0 Å². The van der Waals surface area contributed by atoms with Crippen LogP contribution in [0.2, 0.25) is 5.02 Å². The number of amides is 2. The molecule has 5 nitrogen and oxygen atoms in total. The van der Waals surface area contributed by atoms with Crippen LogP contribution in [0.5, 0.6) is 0 Å².